The van der Waals surface area contributed by atoms with Crippen molar-refractivity contribution < 1.29 is 0 Å². The minimum Gasteiger partial charge on any atom is -0.309 e. The molecule has 0 aliphatic rings. The average Bonchev–Trinajstić information content (AvgIpc) is 3.20. The fourth-order valence-electron chi connectivity index (χ4n) is 4.18. The van der Waals surface area contributed by atoms with Crippen LogP contribution in [0.3, 0.4) is 0 Å². The predicted octanol–water partition coefficient (Wildman–Crippen LogP) is 7.16. The van der Waals surface area contributed by atoms with Gasteiger partial charge in [0.25, 0.3) is 5.56 Å². The Balaban J connectivity index is 1.74. The Morgan fingerprint density at radius 1 is 0.906 bits per heavy atom. The lowest BCUT2D eigenvalue weighted by Gasteiger charge is -2.17. The van der Waals surface area contributed by atoms with E-state index in [1.165, 1.54) is 4.88 Å². The molecule has 0 bridgehead atoms. The molecule has 0 amide bonds. The van der Waals surface area contributed by atoms with Gasteiger partial charge in [-0.3, -0.25) is 4.79 Å². The minimum absolute atomic E-state index is 0.0873. The number of fused-ring (bicyclic) bond motifs is 1. The van der Waals surface area contributed by atoms with E-state index in [0.29, 0.717) is 11.2 Å². The number of hydrogen-bond donors (Lipinski definition) is 1. The van der Waals surface area contributed by atoms with Gasteiger partial charge in [-0.2, -0.15) is 0 Å². The van der Waals surface area contributed by atoms with Crippen LogP contribution in [0.5, 0.6) is 0 Å². The predicted molar refractivity (Wildman–Crippen MR) is 137 cm³/mol. The van der Waals surface area contributed by atoms with E-state index in [4.69, 9.17) is 4.98 Å². The summed E-state index contributed by atoms with van der Waals surface area (Å²) >= 11 is 5.12. The number of aromatic amines is 1. The third-order valence-corrected chi connectivity index (χ3v) is 7.40. The second-order valence-electron chi connectivity index (χ2n) is 7.65. The van der Waals surface area contributed by atoms with Crippen LogP contribution in [0.25, 0.3) is 21.3 Å². The Labute approximate surface area is 198 Å². The number of nitrogens with one attached hydrogen (secondary N) is 1. The van der Waals surface area contributed by atoms with Gasteiger partial charge in [0.2, 0.25) is 0 Å². The van der Waals surface area contributed by atoms with Crippen LogP contribution in [0.4, 0.5) is 0 Å². The SMILES string of the molecule is CCc1sc2nc(C(c3ccccc3)c3ccccc3)[nH]c(=O)c2c1-c1ccc(Br)cc1. The number of aryl methyl sites for hydroxylation is 1. The maximum absolute atomic E-state index is 13.5. The fourth-order valence-corrected chi connectivity index (χ4v) is 5.58. The van der Waals surface area contributed by atoms with E-state index >= 15 is 0 Å². The number of rotatable bonds is 5. The minimum atomic E-state index is -0.141. The van der Waals surface area contributed by atoms with Gasteiger partial charge in [-0.05, 0) is 35.2 Å². The van der Waals surface area contributed by atoms with Crippen LogP contribution >= 0.6 is 27.3 Å². The first-order chi connectivity index (χ1) is 15.7. The second kappa shape index (κ2) is 8.85. The molecule has 0 aliphatic carbocycles. The summed E-state index contributed by atoms with van der Waals surface area (Å²) in [6.07, 6.45) is 0.849. The average molecular weight is 501 g/mol. The van der Waals surface area contributed by atoms with Crippen LogP contribution in [0.15, 0.2) is 94.2 Å². The van der Waals surface area contributed by atoms with E-state index < -0.39 is 0 Å². The Kier molecular flexibility index (Phi) is 5.77. The summed E-state index contributed by atoms with van der Waals surface area (Å²) in [5, 5.41) is 0.679. The molecule has 0 saturated heterocycles. The van der Waals surface area contributed by atoms with Crippen molar-refractivity contribution in [2.24, 2.45) is 0 Å². The zero-order valence-corrected chi connectivity index (χ0v) is 19.9. The molecule has 2 heterocycles. The van der Waals surface area contributed by atoms with Crippen LogP contribution in [0.2, 0.25) is 0 Å². The molecular weight excluding hydrogens is 480 g/mol. The van der Waals surface area contributed by atoms with E-state index in [1.54, 1.807) is 11.3 Å². The molecular formula is C27H21BrN2OS. The van der Waals surface area contributed by atoms with E-state index in [-0.39, 0.29) is 11.5 Å². The molecule has 0 radical (unpaired) electrons. The van der Waals surface area contributed by atoms with Crippen LogP contribution in [0.1, 0.15) is 34.7 Å². The summed E-state index contributed by atoms with van der Waals surface area (Å²) in [5.41, 5.74) is 4.15. The highest BCUT2D eigenvalue weighted by Crippen LogP contribution is 2.38. The third kappa shape index (κ3) is 3.83. The molecule has 5 aromatic rings. The van der Waals surface area contributed by atoms with Gasteiger partial charge in [-0.15, -0.1) is 11.3 Å². The Morgan fingerprint density at radius 2 is 1.50 bits per heavy atom. The van der Waals surface area contributed by atoms with Crippen molar-refractivity contribution in [3.05, 3.63) is 122 Å². The number of hydrogen-bond acceptors (Lipinski definition) is 3. The molecule has 0 spiro atoms. The third-order valence-electron chi connectivity index (χ3n) is 5.65. The van der Waals surface area contributed by atoms with Gasteiger partial charge >= 0.3 is 0 Å². The highest BCUT2D eigenvalue weighted by molar-refractivity contribution is 9.10. The van der Waals surface area contributed by atoms with Crippen molar-refractivity contribution in [3.63, 3.8) is 0 Å². The largest absolute Gasteiger partial charge is 0.309 e. The summed E-state index contributed by atoms with van der Waals surface area (Å²) in [5.74, 6) is 0.531. The number of halogens is 1. The molecule has 0 fully saturated rings. The maximum atomic E-state index is 13.5. The van der Waals surface area contributed by atoms with Crippen molar-refractivity contribution in [1.82, 2.24) is 9.97 Å². The molecule has 2 aromatic heterocycles. The molecule has 5 rings (SSSR count). The van der Waals surface area contributed by atoms with E-state index in [0.717, 1.165) is 38.0 Å². The van der Waals surface area contributed by atoms with Crippen molar-refractivity contribution in [1.29, 1.82) is 0 Å². The summed E-state index contributed by atoms with van der Waals surface area (Å²) < 4.78 is 1.02. The van der Waals surface area contributed by atoms with Crippen LogP contribution in [-0.2, 0) is 6.42 Å². The summed E-state index contributed by atoms with van der Waals surface area (Å²) in [6.45, 7) is 2.12. The van der Waals surface area contributed by atoms with Crippen molar-refractivity contribution >= 4 is 37.5 Å². The zero-order valence-electron chi connectivity index (χ0n) is 17.5. The van der Waals surface area contributed by atoms with Crippen molar-refractivity contribution in [2.75, 3.05) is 0 Å². The molecule has 1 N–H and O–H groups in total. The molecule has 0 saturated carbocycles. The van der Waals surface area contributed by atoms with E-state index in [2.05, 4.69) is 64.2 Å². The van der Waals surface area contributed by atoms with Gasteiger partial charge in [0.1, 0.15) is 10.7 Å². The zero-order chi connectivity index (χ0) is 22.1. The number of H-pyrrole nitrogens is 1. The van der Waals surface area contributed by atoms with E-state index in [9.17, 15) is 4.79 Å². The van der Waals surface area contributed by atoms with Crippen molar-refractivity contribution in [2.45, 2.75) is 19.3 Å². The molecule has 5 heteroatoms. The molecule has 0 unspecified atom stereocenters. The van der Waals surface area contributed by atoms with Gasteiger partial charge in [0.15, 0.2) is 0 Å². The first-order valence-electron chi connectivity index (χ1n) is 10.6. The van der Waals surface area contributed by atoms with Crippen molar-refractivity contribution in [3.8, 4) is 11.1 Å². The molecule has 158 valence electrons. The first-order valence-corrected chi connectivity index (χ1v) is 12.2. The quantitative estimate of drug-likeness (QED) is 0.278. The molecule has 3 nitrogen and oxygen atoms in total. The Bertz CT molecular complexity index is 1380. The van der Waals surface area contributed by atoms with Crippen LogP contribution in [-0.4, -0.2) is 9.97 Å². The number of nitrogens with zero attached hydrogens (tertiary/aromatic N) is 1. The Morgan fingerprint density at radius 3 is 2.06 bits per heavy atom. The standard InChI is InChI=1S/C27H21BrN2OS/c1-2-21-23(19-13-15-20(28)16-14-19)24-26(31)29-25(30-27(24)32-21)22(17-9-5-3-6-10-17)18-11-7-4-8-12-18/h3-16,22H,2H2,1H3,(H,29,30,31). The summed E-state index contributed by atoms with van der Waals surface area (Å²) in [7, 11) is 0. The molecule has 0 aliphatic heterocycles. The Hall–Kier alpha value is -3.02. The number of benzene rings is 3. The summed E-state index contributed by atoms with van der Waals surface area (Å²) in [4.78, 5) is 23.6. The van der Waals surface area contributed by atoms with Crippen LogP contribution in [0, 0.1) is 0 Å². The fraction of sp³-hybridized carbons (Fsp3) is 0.111. The topological polar surface area (TPSA) is 45.8 Å². The molecule has 0 atom stereocenters. The number of aromatic nitrogens is 2. The summed E-state index contributed by atoms with van der Waals surface area (Å²) in [6, 6.07) is 28.5. The van der Waals surface area contributed by atoms with Gasteiger partial charge in [0.05, 0.1) is 11.3 Å². The lowest BCUT2D eigenvalue weighted by molar-refractivity contribution is 0.860. The lowest BCUT2D eigenvalue weighted by Crippen LogP contribution is -2.16. The van der Waals surface area contributed by atoms with Gasteiger partial charge < -0.3 is 4.98 Å². The normalized spacial score (nSPS) is 11.3. The van der Waals surface area contributed by atoms with E-state index in [1.807, 2.05) is 48.5 Å². The lowest BCUT2D eigenvalue weighted by atomic mass is 9.90. The highest BCUT2D eigenvalue weighted by Gasteiger charge is 2.23. The number of thiophene rings is 1. The second-order valence-corrected chi connectivity index (χ2v) is 9.65. The first kappa shape index (κ1) is 20.9. The van der Waals surface area contributed by atoms with Gasteiger partial charge in [0, 0.05) is 14.9 Å². The van der Waals surface area contributed by atoms with Gasteiger partial charge in [-0.1, -0.05) is 95.7 Å². The van der Waals surface area contributed by atoms with Crippen LogP contribution < -0.4 is 5.56 Å². The maximum Gasteiger partial charge on any atom is 0.260 e. The highest BCUT2D eigenvalue weighted by atomic mass is 79.9. The smallest absolute Gasteiger partial charge is 0.260 e. The van der Waals surface area contributed by atoms with Gasteiger partial charge in [-0.25, -0.2) is 4.98 Å². The monoisotopic (exact) mass is 500 g/mol. The molecule has 3 aromatic carbocycles. The molecule has 32 heavy (non-hydrogen) atoms.